The third kappa shape index (κ3) is 7.88. The number of fused-ring (bicyclic) bond motifs is 2. The number of thiophene rings is 1. The molecule has 6 heteroatoms. The summed E-state index contributed by atoms with van der Waals surface area (Å²) in [5.74, 6) is 1.84. The largest absolute Gasteiger partial charge is 0.491 e. The maximum Gasteiger partial charge on any atom is 0.191 e. The summed E-state index contributed by atoms with van der Waals surface area (Å²) in [5, 5.41) is 2.42. The average molecular weight is 567 g/mol. The zero-order chi connectivity index (χ0) is 28.5. The zero-order valence-electron chi connectivity index (χ0n) is 25.5. The summed E-state index contributed by atoms with van der Waals surface area (Å²) in [4.78, 5) is 6.47. The van der Waals surface area contributed by atoms with E-state index in [1.807, 2.05) is 0 Å². The summed E-state index contributed by atoms with van der Waals surface area (Å²) in [6.07, 6.45) is 3.49. The molecule has 0 atom stereocenters. The number of thiazole rings is 1. The number of hydrogen-bond donors (Lipinski definition) is 0. The van der Waals surface area contributed by atoms with Gasteiger partial charge in [0.15, 0.2) is 4.80 Å². The van der Waals surface area contributed by atoms with Gasteiger partial charge in [0.05, 0.1) is 22.4 Å². The molecule has 2 aromatic heterocycles. The Kier molecular flexibility index (Phi) is 8.87. The molecule has 2 aromatic carbocycles. The molecule has 0 aliphatic heterocycles. The van der Waals surface area contributed by atoms with Crippen LogP contribution in [0.3, 0.4) is 0 Å². The highest BCUT2D eigenvalue weighted by Gasteiger charge is 2.19. The molecule has 0 unspecified atom stereocenters. The predicted molar refractivity (Wildman–Crippen MR) is 170 cm³/mol. The van der Waals surface area contributed by atoms with E-state index < -0.39 is 0 Å². The Labute approximate surface area is 242 Å². The van der Waals surface area contributed by atoms with Crippen molar-refractivity contribution in [1.29, 1.82) is 0 Å². The Hall–Kier alpha value is -2.31. The molecule has 0 saturated heterocycles. The first-order valence-corrected chi connectivity index (χ1v) is 15.9. The summed E-state index contributed by atoms with van der Waals surface area (Å²) < 4.78 is 16.9. The Morgan fingerprint density at radius 1 is 0.769 bits per heavy atom. The quantitative estimate of drug-likeness (QED) is 0.202. The molecule has 2 heterocycles. The first-order valence-electron chi connectivity index (χ1n) is 14.3. The fourth-order valence-corrected chi connectivity index (χ4v) is 6.83. The molecule has 0 amide bonds. The molecule has 0 spiro atoms. The topological polar surface area (TPSA) is 35.8 Å². The fraction of sp³-hybridized carbons (Fsp3) is 0.545. The maximum absolute atomic E-state index is 6.03. The first-order chi connectivity index (χ1) is 18.2. The van der Waals surface area contributed by atoms with E-state index in [9.17, 15) is 0 Å². The number of aryl methyl sites for hydroxylation is 2. The predicted octanol–water partition coefficient (Wildman–Crippen LogP) is 10.1. The van der Waals surface area contributed by atoms with E-state index in [4.69, 9.17) is 14.5 Å². The molecule has 0 radical (unpaired) electrons. The summed E-state index contributed by atoms with van der Waals surface area (Å²) in [6, 6.07) is 13.0. The van der Waals surface area contributed by atoms with Gasteiger partial charge in [-0.1, -0.05) is 52.9 Å². The average Bonchev–Trinajstić information content (AvgIpc) is 3.30. The van der Waals surface area contributed by atoms with Crippen LogP contribution in [-0.4, -0.2) is 16.8 Å². The Morgan fingerprint density at radius 2 is 1.36 bits per heavy atom. The van der Waals surface area contributed by atoms with Crippen molar-refractivity contribution in [3.63, 3.8) is 0 Å². The van der Waals surface area contributed by atoms with Crippen LogP contribution < -0.4 is 14.3 Å². The van der Waals surface area contributed by atoms with Gasteiger partial charge in [-0.3, -0.25) is 0 Å². The summed E-state index contributed by atoms with van der Waals surface area (Å²) >= 11 is 3.55. The molecule has 0 bridgehead atoms. The summed E-state index contributed by atoms with van der Waals surface area (Å²) in [6.45, 7) is 23.1. The van der Waals surface area contributed by atoms with E-state index in [0.29, 0.717) is 0 Å². The summed E-state index contributed by atoms with van der Waals surface area (Å²) in [5.41, 5.74) is 3.07. The van der Waals surface area contributed by atoms with E-state index in [1.165, 1.54) is 25.9 Å². The van der Waals surface area contributed by atoms with Crippen molar-refractivity contribution in [1.82, 2.24) is 4.57 Å². The van der Waals surface area contributed by atoms with Crippen molar-refractivity contribution in [3.05, 3.63) is 46.8 Å². The minimum Gasteiger partial charge on any atom is -0.491 e. The number of aromatic nitrogens is 1. The molecule has 4 nitrogen and oxygen atoms in total. The van der Waals surface area contributed by atoms with Gasteiger partial charge in [-0.05, 0) is 105 Å². The second-order valence-corrected chi connectivity index (χ2v) is 15.6. The lowest BCUT2D eigenvalue weighted by molar-refractivity contribution is 0.242. The van der Waals surface area contributed by atoms with E-state index in [1.54, 1.807) is 22.7 Å². The highest BCUT2D eigenvalue weighted by Crippen LogP contribution is 2.41. The van der Waals surface area contributed by atoms with E-state index in [-0.39, 0.29) is 23.0 Å². The van der Waals surface area contributed by atoms with Crippen molar-refractivity contribution in [3.8, 4) is 11.5 Å². The Bertz CT molecular complexity index is 1490. The number of ether oxygens (including phenoxy) is 2. The Morgan fingerprint density at radius 3 is 1.95 bits per heavy atom. The first kappa shape index (κ1) is 29.7. The lowest BCUT2D eigenvalue weighted by Gasteiger charge is -2.19. The van der Waals surface area contributed by atoms with E-state index in [0.717, 1.165) is 47.1 Å². The highest BCUT2D eigenvalue weighted by molar-refractivity contribution is 7.23. The minimum atomic E-state index is 0.146. The fourth-order valence-electron chi connectivity index (χ4n) is 4.53. The van der Waals surface area contributed by atoms with Gasteiger partial charge in [-0.25, -0.2) is 4.99 Å². The van der Waals surface area contributed by atoms with Crippen LogP contribution in [-0.2, 0) is 13.0 Å². The molecule has 0 fully saturated rings. The van der Waals surface area contributed by atoms with Gasteiger partial charge in [0.2, 0.25) is 0 Å². The van der Waals surface area contributed by atoms with Crippen molar-refractivity contribution >= 4 is 48.0 Å². The van der Waals surface area contributed by atoms with Gasteiger partial charge in [-0.15, -0.1) is 11.3 Å². The molecule has 212 valence electrons. The molecule has 39 heavy (non-hydrogen) atoms. The number of nitrogens with zero attached hydrogens (tertiary/aromatic N) is 2. The smallest absolute Gasteiger partial charge is 0.191 e. The van der Waals surface area contributed by atoms with Crippen LogP contribution >= 0.6 is 22.7 Å². The van der Waals surface area contributed by atoms with Crippen molar-refractivity contribution in [2.45, 2.75) is 107 Å². The van der Waals surface area contributed by atoms with Crippen LogP contribution in [0.2, 0.25) is 0 Å². The Balaban J connectivity index is 1.89. The molecule has 0 aliphatic rings. The number of rotatable bonds is 9. The van der Waals surface area contributed by atoms with E-state index >= 15 is 0 Å². The monoisotopic (exact) mass is 566 g/mol. The van der Waals surface area contributed by atoms with E-state index in [2.05, 4.69) is 110 Å². The van der Waals surface area contributed by atoms with Gasteiger partial charge in [0.1, 0.15) is 16.5 Å². The van der Waals surface area contributed by atoms with Crippen LogP contribution in [0.1, 0.15) is 87.6 Å². The molecular weight excluding hydrogens is 521 g/mol. The standard InChI is InChI=1S/C33H46N2O2S2/c1-21(2)36-23-11-13-25-26(15-16-32(5,6)7)30(38-28(25)19-23)34-31-35(18-17-33(8,9)10)27-14-12-24(37-22(3)4)20-29(27)39-31/h11-14,19-22H,15-18H2,1-10H3. The molecule has 0 aliphatic carbocycles. The molecule has 4 rings (SSSR count). The second-order valence-electron chi connectivity index (χ2n) is 13.5. The van der Waals surface area contributed by atoms with Crippen LogP contribution in [0, 0.1) is 10.8 Å². The molecule has 4 aromatic rings. The zero-order valence-corrected chi connectivity index (χ0v) is 27.1. The van der Waals surface area contributed by atoms with Crippen molar-refractivity contribution in [2.75, 3.05) is 0 Å². The van der Waals surface area contributed by atoms with Crippen LogP contribution in [0.25, 0.3) is 20.3 Å². The minimum absolute atomic E-state index is 0.146. The van der Waals surface area contributed by atoms with Crippen LogP contribution in [0.5, 0.6) is 11.5 Å². The summed E-state index contributed by atoms with van der Waals surface area (Å²) in [7, 11) is 0. The SMILES string of the molecule is CC(C)Oc1ccc2c(CCC(C)(C)C)c(N=c3sc4cc(OC(C)C)ccc4n3CCC(C)(C)C)sc2c1. The maximum atomic E-state index is 6.03. The normalized spacial score (nSPS) is 13.4. The third-order valence-electron chi connectivity index (χ3n) is 6.55. The second kappa shape index (κ2) is 11.7. The van der Waals surface area contributed by atoms with Gasteiger partial charge in [0, 0.05) is 11.2 Å². The molecular formula is C33H46N2O2S2. The van der Waals surface area contributed by atoms with Gasteiger partial charge in [0.25, 0.3) is 0 Å². The number of hydrogen-bond acceptors (Lipinski definition) is 5. The molecule has 0 saturated carbocycles. The van der Waals surface area contributed by atoms with Crippen molar-refractivity contribution < 1.29 is 9.47 Å². The van der Waals surface area contributed by atoms with Crippen molar-refractivity contribution in [2.24, 2.45) is 15.8 Å². The van der Waals surface area contributed by atoms with Gasteiger partial charge in [-0.2, -0.15) is 0 Å². The lowest BCUT2D eigenvalue weighted by Crippen LogP contribution is -2.18. The van der Waals surface area contributed by atoms with Gasteiger partial charge >= 0.3 is 0 Å². The van der Waals surface area contributed by atoms with Crippen LogP contribution in [0.15, 0.2) is 41.4 Å². The van der Waals surface area contributed by atoms with Crippen LogP contribution in [0.4, 0.5) is 5.00 Å². The van der Waals surface area contributed by atoms with Gasteiger partial charge < -0.3 is 14.0 Å². The highest BCUT2D eigenvalue weighted by atomic mass is 32.1. The molecule has 0 N–H and O–H groups in total. The lowest BCUT2D eigenvalue weighted by atomic mass is 9.88. The number of benzene rings is 2. The third-order valence-corrected chi connectivity index (χ3v) is 8.68.